The predicted molar refractivity (Wildman–Crippen MR) is 119 cm³/mol. The van der Waals surface area contributed by atoms with Crippen LogP contribution in [0.25, 0.3) is 0 Å². The van der Waals surface area contributed by atoms with Crippen molar-refractivity contribution in [2.45, 2.75) is 62.6 Å². The Bertz CT molecular complexity index is 976. The molecular weight excluding hydrogens is 470 g/mol. The monoisotopic (exact) mass is 496 g/mol. The summed E-state index contributed by atoms with van der Waals surface area (Å²) in [6, 6.07) is 4.59. The molecule has 0 radical (unpaired) electrons. The van der Waals surface area contributed by atoms with Crippen LogP contribution in [0.15, 0.2) is 24.3 Å². The van der Waals surface area contributed by atoms with E-state index in [1.807, 2.05) is 6.07 Å². The minimum atomic E-state index is -4.28. The van der Waals surface area contributed by atoms with Crippen LogP contribution in [0.4, 0.5) is 8.78 Å². The smallest absolute Gasteiger partial charge is 0.356 e. The molecule has 11 heteroatoms. The molecule has 1 aliphatic heterocycles. The number of carbonyl (C=O) groups excluding carboxylic acids is 3. The quantitative estimate of drug-likeness (QED) is 0.393. The van der Waals surface area contributed by atoms with Gasteiger partial charge < -0.3 is 21.1 Å². The Morgan fingerprint density at radius 1 is 1.24 bits per heavy atom. The van der Waals surface area contributed by atoms with Gasteiger partial charge in [0.05, 0.1) is 6.07 Å². The first-order chi connectivity index (χ1) is 16.0. The molecule has 8 nitrogen and oxygen atoms in total. The van der Waals surface area contributed by atoms with E-state index >= 15 is 8.78 Å². The maximum Gasteiger partial charge on any atom is 0.356 e. The molecule has 0 aromatic heterocycles. The molecule has 1 heterocycles. The minimum Gasteiger partial charge on any atom is -0.379 e. The van der Waals surface area contributed by atoms with Gasteiger partial charge in [-0.05, 0) is 49.8 Å². The summed E-state index contributed by atoms with van der Waals surface area (Å²) in [6.07, 6.45) is 2.32. The van der Waals surface area contributed by atoms with Gasteiger partial charge in [0.25, 0.3) is 5.91 Å². The summed E-state index contributed by atoms with van der Waals surface area (Å²) in [5.41, 5.74) is -3.09. The van der Waals surface area contributed by atoms with E-state index in [2.05, 4.69) is 16.0 Å². The van der Waals surface area contributed by atoms with Gasteiger partial charge in [-0.25, -0.2) is 0 Å². The van der Waals surface area contributed by atoms with E-state index in [1.54, 1.807) is 0 Å². The molecule has 2 aliphatic rings. The Labute approximate surface area is 201 Å². The molecule has 4 N–H and O–H groups in total. The molecule has 4 atom stereocenters. The maximum atomic E-state index is 15.1. The predicted octanol–water partition coefficient (Wildman–Crippen LogP) is 2.00. The number of amides is 3. The lowest BCUT2D eigenvalue weighted by Crippen LogP contribution is -2.58. The highest BCUT2D eigenvalue weighted by Crippen LogP contribution is 2.39. The average molecular weight is 497 g/mol. The Kier molecular flexibility index (Phi) is 7.78. The number of benzene rings is 1. The Morgan fingerprint density at radius 2 is 1.88 bits per heavy atom. The van der Waals surface area contributed by atoms with Crippen LogP contribution >= 0.6 is 11.6 Å². The van der Waals surface area contributed by atoms with Crippen molar-refractivity contribution in [3.05, 3.63) is 34.9 Å². The molecule has 2 fully saturated rings. The summed E-state index contributed by atoms with van der Waals surface area (Å²) in [6.45, 7) is 1.29. The minimum absolute atomic E-state index is 0.0829. The number of halogens is 3. The lowest BCUT2D eigenvalue weighted by molar-refractivity contribution is -0.192. The second-order valence-electron chi connectivity index (χ2n) is 9.06. The van der Waals surface area contributed by atoms with Crippen LogP contribution in [-0.4, -0.2) is 47.4 Å². The molecule has 3 rings (SSSR count). The van der Waals surface area contributed by atoms with Gasteiger partial charge in [0.1, 0.15) is 12.1 Å². The van der Waals surface area contributed by atoms with Crippen molar-refractivity contribution in [3.8, 4) is 6.07 Å². The number of hydrogen-bond acceptors (Lipinski definition) is 5. The fourth-order valence-corrected chi connectivity index (χ4v) is 4.04. The molecule has 0 spiro atoms. The van der Waals surface area contributed by atoms with Crippen LogP contribution in [0, 0.1) is 23.2 Å². The highest BCUT2D eigenvalue weighted by Gasteiger charge is 2.57. The molecule has 1 saturated carbocycles. The van der Waals surface area contributed by atoms with E-state index in [9.17, 15) is 24.8 Å². The van der Waals surface area contributed by atoms with Gasteiger partial charge in [0.15, 0.2) is 5.60 Å². The zero-order valence-corrected chi connectivity index (χ0v) is 19.4. The number of nitrogens with zero attached hydrogens (tertiary/aromatic N) is 1. The summed E-state index contributed by atoms with van der Waals surface area (Å²) in [5, 5.41) is 27.4. The topological polar surface area (TPSA) is 131 Å². The van der Waals surface area contributed by atoms with Crippen molar-refractivity contribution in [1.82, 2.24) is 16.0 Å². The lowest BCUT2D eigenvalue weighted by Gasteiger charge is -2.33. The number of nitriles is 1. The Balaban J connectivity index is 1.71. The first kappa shape index (κ1) is 25.8. The van der Waals surface area contributed by atoms with Gasteiger partial charge in [0.2, 0.25) is 11.8 Å². The number of alkyl halides is 2. The summed E-state index contributed by atoms with van der Waals surface area (Å²) in [5.74, 6) is -7.42. The summed E-state index contributed by atoms with van der Waals surface area (Å²) in [7, 11) is 0. The fraction of sp³-hybridized carbons (Fsp3) is 0.565. The van der Waals surface area contributed by atoms with E-state index < -0.39 is 41.3 Å². The molecule has 1 aliphatic carbocycles. The van der Waals surface area contributed by atoms with Gasteiger partial charge in [-0.15, -0.1) is 0 Å². The normalized spacial score (nSPS) is 21.5. The molecule has 0 bridgehead atoms. The molecule has 184 valence electrons. The Hall–Kier alpha value is -2.77. The van der Waals surface area contributed by atoms with Crippen molar-refractivity contribution < 1.29 is 28.3 Å². The molecule has 3 amide bonds. The van der Waals surface area contributed by atoms with Crippen molar-refractivity contribution >= 4 is 29.3 Å². The number of aliphatic hydroxyl groups is 1. The van der Waals surface area contributed by atoms with Crippen LogP contribution in [0.2, 0.25) is 5.02 Å². The largest absolute Gasteiger partial charge is 0.379 e. The molecular formula is C23H27ClF2N4O4. The van der Waals surface area contributed by atoms with Crippen molar-refractivity contribution in [2.75, 3.05) is 6.54 Å². The van der Waals surface area contributed by atoms with E-state index in [0.717, 1.165) is 19.8 Å². The van der Waals surface area contributed by atoms with E-state index in [4.69, 9.17) is 11.6 Å². The molecule has 1 aromatic carbocycles. The third-order valence-corrected chi connectivity index (χ3v) is 6.60. The summed E-state index contributed by atoms with van der Waals surface area (Å²) >= 11 is 5.77. The number of rotatable bonds is 10. The summed E-state index contributed by atoms with van der Waals surface area (Å²) < 4.78 is 30.2. The average Bonchev–Trinajstić information content (AvgIpc) is 3.52. The first-order valence-electron chi connectivity index (χ1n) is 11.1. The van der Waals surface area contributed by atoms with Crippen molar-refractivity contribution in [1.29, 1.82) is 5.26 Å². The first-order valence-corrected chi connectivity index (χ1v) is 11.5. The zero-order chi connectivity index (χ0) is 25.1. The molecule has 3 unspecified atom stereocenters. The van der Waals surface area contributed by atoms with Crippen molar-refractivity contribution in [2.24, 2.45) is 11.8 Å². The van der Waals surface area contributed by atoms with Crippen LogP contribution in [-0.2, 0) is 20.0 Å². The molecule has 1 saturated heterocycles. The van der Waals surface area contributed by atoms with E-state index in [-0.39, 0.29) is 35.3 Å². The third-order valence-electron chi connectivity index (χ3n) is 6.35. The number of nitrogens with one attached hydrogen (secondary N) is 3. The van der Waals surface area contributed by atoms with Gasteiger partial charge >= 0.3 is 5.92 Å². The van der Waals surface area contributed by atoms with E-state index in [1.165, 1.54) is 24.3 Å². The Morgan fingerprint density at radius 3 is 2.41 bits per heavy atom. The molecule has 1 aromatic rings. The van der Waals surface area contributed by atoms with Gasteiger partial charge in [-0.2, -0.15) is 14.0 Å². The highest BCUT2D eigenvalue weighted by atomic mass is 35.5. The maximum absolute atomic E-state index is 15.1. The van der Waals surface area contributed by atoms with Crippen LogP contribution in [0.5, 0.6) is 0 Å². The van der Waals surface area contributed by atoms with Gasteiger partial charge in [0, 0.05) is 17.5 Å². The van der Waals surface area contributed by atoms with Gasteiger partial charge in [-0.3, -0.25) is 14.4 Å². The fourth-order valence-electron chi connectivity index (χ4n) is 3.91. The van der Waals surface area contributed by atoms with E-state index in [0.29, 0.717) is 13.0 Å². The third kappa shape index (κ3) is 5.83. The van der Waals surface area contributed by atoms with Crippen LogP contribution in [0.1, 0.15) is 44.6 Å². The second kappa shape index (κ2) is 10.2. The zero-order valence-electron chi connectivity index (χ0n) is 18.6. The lowest BCUT2D eigenvalue weighted by atomic mass is 9.88. The number of carbonyl (C=O) groups is 3. The van der Waals surface area contributed by atoms with Gasteiger partial charge in [-0.1, -0.05) is 36.6 Å². The van der Waals surface area contributed by atoms with Crippen LogP contribution < -0.4 is 16.0 Å². The molecule has 34 heavy (non-hydrogen) atoms. The standard InChI is InChI=1S/C23H27ClF2N4O4/c1-22(34,15-4-6-16(24)7-5-15)23(25,26)21(33)30-18(10-13-2-3-13)20(32)29-17(12-27)11-14-8-9-28-19(14)31/h4-7,13-14,17-18,34H,2-3,8-11H2,1H3,(H,28,31)(H,29,32)(H,30,33)/t14?,17?,18-,22?/m0/s1. The highest BCUT2D eigenvalue weighted by molar-refractivity contribution is 6.30. The number of hydrogen-bond donors (Lipinski definition) is 4. The second-order valence-corrected chi connectivity index (χ2v) is 9.50. The summed E-state index contributed by atoms with van der Waals surface area (Å²) in [4.78, 5) is 37.2. The SMILES string of the molecule is CC(O)(c1ccc(Cl)cc1)C(F)(F)C(=O)N[C@@H](CC1CC1)C(=O)NC(C#N)CC1CCNC1=O. The van der Waals surface area contributed by atoms with Crippen LogP contribution in [0.3, 0.4) is 0 Å². The van der Waals surface area contributed by atoms with Crippen molar-refractivity contribution in [3.63, 3.8) is 0 Å².